The molecule has 3 aromatic rings. The van der Waals surface area contributed by atoms with Gasteiger partial charge in [-0.15, -0.1) is 0 Å². The predicted molar refractivity (Wildman–Crippen MR) is 119 cm³/mol. The fraction of sp³-hybridized carbons (Fsp3) is 0.240. The standard InChI is InChI=1S/C25H24N2O5/c1-2-13-26-15-19(20(16-9-5-3-6-10-16)17-11-7-4-8-12-17)27-14-18(25(31)32)22(28)23(29)21(27)24(26)30/h3-12,14,19-20,29H,2,13,15H2,1H3,(H,31,32). The zero-order chi connectivity index (χ0) is 22.8. The molecule has 1 atom stereocenters. The summed E-state index contributed by atoms with van der Waals surface area (Å²) in [5.74, 6) is -2.99. The first-order valence-electron chi connectivity index (χ1n) is 10.5. The summed E-state index contributed by atoms with van der Waals surface area (Å²) in [4.78, 5) is 39.0. The van der Waals surface area contributed by atoms with E-state index in [4.69, 9.17) is 0 Å². The molecule has 0 fully saturated rings. The summed E-state index contributed by atoms with van der Waals surface area (Å²) in [6.07, 6.45) is 1.91. The number of carboxylic acid groups (broad SMARTS) is 1. The maximum Gasteiger partial charge on any atom is 0.341 e. The van der Waals surface area contributed by atoms with E-state index in [-0.39, 0.29) is 11.6 Å². The van der Waals surface area contributed by atoms with Gasteiger partial charge in [-0.25, -0.2) is 4.79 Å². The van der Waals surface area contributed by atoms with Gasteiger partial charge in [-0.1, -0.05) is 67.6 Å². The Hall–Kier alpha value is -3.87. The molecule has 0 saturated carbocycles. The molecule has 2 aromatic carbocycles. The van der Waals surface area contributed by atoms with Crippen LogP contribution in [0.2, 0.25) is 0 Å². The van der Waals surface area contributed by atoms with Crippen LogP contribution in [0.5, 0.6) is 5.75 Å². The van der Waals surface area contributed by atoms with Crippen molar-refractivity contribution in [3.8, 4) is 5.75 Å². The van der Waals surface area contributed by atoms with Crippen LogP contribution < -0.4 is 5.43 Å². The van der Waals surface area contributed by atoms with E-state index in [2.05, 4.69) is 0 Å². The monoisotopic (exact) mass is 432 g/mol. The van der Waals surface area contributed by atoms with Gasteiger partial charge < -0.3 is 19.7 Å². The van der Waals surface area contributed by atoms with Crippen LogP contribution >= 0.6 is 0 Å². The van der Waals surface area contributed by atoms with Crippen LogP contribution in [-0.4, -0.2) is 44.6 Å². The van der Waals surface area contributed by atoms with E-state index in [0.29, 0.717) is 19.5 Å². The third kappa shape index (κ3) is 3.66. The first kappa shape index (κ1) is 21.4. The molecule has 1 aliphatic heterocycles. The molecule has 0 aliphatic carbocycles. The number of nitrogens with zero attached hydrogens (tertiary/aromatic N) is 2. The van der Waals surface area contributed by atoms with Crippen molar-refractivity contribution in [3.05, 3.63) is 99.5 Å². The Morgan fingerprint density at radius 2 is 1.59 bits per heavy atom. The second-order valence-corrected chi connectivity index (χ2v) is 7.90. The number of rotatable bonds is 6. The van der Waals surface area contributed by atoms with Crippen molar-refractivity contribution in [1.82, 2.24) is 9.47 Å². The molecule has 1 unspecified atom stereocenters. The van der Waals surface area contributed by atoms with Crippen molar-refractivity contribution in [1.29, 1.82) is 0 Å². The molecule has 32 heavy (non-hydrogen) atoms. The second-order valence-electron chi connectivity index (χ2n) is 7.90. The molecule has 4 rings (SSSR count). The highest BCUT2D eigenvalue weighted by Crippen LogP contribution is 2.40. The second kappa shape index (κ2) is 8.70. The summed E-state index contributed by atoms with van der Waals surface area (Å²) < 4.78 is 1.49. The molecule has 1 amide bonds. The summed E-state index contributed by atoms with van der Waals surface area (Å²) in [5.41, 5.74) is 0.186. The summed E-state index contributed by atoms with van der Waals surface area (Å²) >= 11 is 0. The Kier molecular flexibility index (Phi) is 5.81. The van der Waals surface area contributed by atoms with Gasteiger partial charge >= 0.3 is 5.97 Å². The summed E-state index contributed by atoms with van der Waals surface area (Å²) in [6, 6.07) is 19.0. The van der Waals surface area contributed by atoms with E-state index in [0.717, 1.165) is 11.1 Å². The first-order chi connectivity index (χ1) is 15.4. The number of amides is 1. The van der Waals surface area contributed by atoms with E-state index in [1.807, 2.05) is 67.6 Å². The number of carbonyl (C=O) groups excluding carboxylic acids is 1. The van der Waals surface area contributed by atoms with Gasteiger partial charge in [0.2, 0.25) is 5.43 Å². The van der Waals surface area contributed by atoms with Crippen molar-refractivity contribution in [3.63, 3.8) is 0 Å². The smallest absolute Gasteiger partial charge is 0.341 e. The van der Waals surface area contributed by atoms with Gasteiger partial charge in [0, 0.05) is 25.2 Å². The number of aromatic carboxylic acids is 1. The third-order valence-corrected chi connectivity index (χ3v) is 5.89. The number of benzene rings is 2. The zero-order valence-electron chi connectivity index (χ0n) is 17.6. The van der Waals surface area contributed by atoms with Crippen molar-refractivity contribution < 1.29 is 19.8 Å². The molecule has 7 nitrogen and oxygen atoms in total. The highest BCUT2D eigenvalue weighted by Gasteiger charge is 2.39. The van der Waals surface area contributed by atoms with E-state index >= 15 is 0 Å². The lowest BCUT2D eigenvalue weighted by molar-refractivity contribution is 0.0637. The van der Waals surface area contributed by atoms with Crippen LogP contribution in [0, 0.1) is 0 Å². The van der Waals surface area contributed by atoms with Crippen LogP contribution in [0.15, 0.2) is 71.7 Å². The van der Waals surface area contributed by atoms with Gasteiger partial charge in [-0.2, -0.15) is 0 Å². The minimum atomic E-state index is -1.45. The SMILES string of the molecule is CCCN1CC(C(c2ccccc2)c2ccccc2)n2cc(C(=O)O)c(=O)c(O)c2C1=O. The third-order valence-electron chi connectivity index (χ3n) is 5.89. The summed E-state index contributed by atoms with van der Waals surface area (Å²) in [7, 11) is 0. The van der Waals surface area contributed by atoms with Crippen molar-refractivity contribution in [2.75, 3.05) is 13.1 Å². The number of fused-ring (bicyclic) bond motifs is 1. The van der Waals surface area contributed by atoms with E-state index < -0.39 is 34.7 Å². The number of hydrogen-bond acceptors (Lipinski definition) is 4. The predicted octanol–water partition coefficient (Wildman–Crippen LogP) is 3.49. The number of pyridine rings is 1. The average molecular weight is 432 g/mol. The molecular formula is C25H24N2O5. The maximum absolute atomic E-state index is 13.2. The Balaban J connectivity index is 2.00. The molecule has 1 aromatic heterocycles. The first-order valence-corrected chi connectivity index (χ1v) is 10.5. The van der Waals surface area contributed by atoms with E-state index in [9.17, 15) is 24.6 Å². The summed E-state index contributed by atoms with van der Waals surface area (Å²) in [5, 5.41) is 20.2. The molecule has 164 valence electrons. The number of hydrogen-bond donors (Lipinski definition) is 2. The lowest BCUT2D eigenvalue weighted by atomic mass is 9.83. The Bertz CT molecular complexity index is 1160. The minimum absolute atomic E-state index is 0.165. The van der Waals surface area contributed by atoms with Gasteiger partial charge in [0.15, 0.2) is 11.4 Å². The molecule has 0 radical (unpaired) electrons. The van der Waals surface area contributed by atoms with Gasteiger partial charge in [0.1, 0.15) is 5.56 Å². The van der Waals surface area contributed by atoms with Gasteiger partial charge in [0.25, 0.3) is 5.91 Å². The van der Waals surface area contributed by atoms with Crippen molar-refractivity contribution >= 4 is 11.9 Å². The minimum Gasteiger partial charge on any atom is -0.503 e. The highest BCUT2D eigenvalue weighted by molar-refractivity contribution is 5.97. The van der Waals surface area contributed by atoms with Crippen LogP contribution in [0.1, 0.15) is 57.3 Å². The van der Waals surface area contributed by atoms with E-state index in [1.54, 1.807) is 4.90 Å². The number of aromatic hydroxyl groups is 1. The molecule has 0 saturated heterocycles. The molecule has 1 aliphatic rings. The zero-order valence-corrected chi connectivity index (χ0v) is 17.6. The van der Waals surface area contributed by atoms with Crippen molar-refractivity contribution in [2.24, 2.45) is 0 Å². The number of aromatic nitrogens is 1. The highest BCUT2D eigenvalue weighted by atomic mass is 16.4. The largest absolute Gasteiger partial charge is 0.503 e. The van der Waals surface area contributed by atoms with Gasteiger partial charge in [0.05, 0.1) is 6.04 Å². The van der Waals surface area contributed by atoms with Crippen LogP contribution in [0.3, 0.4) is 0 Å². The molecule has 0 bridgehead atoms. The van der Waals surface area contributed by atoms with Crippen LogP contribution in [0.4, 0.5) is 0 Å². The Morgan fingerprint density at radius 1 is 1.03 bits per heavy atom. The maximum atomic E-state index is 13.2. The Labute approximate surface area is 185 Å². The van der Waals surface area contributed by atoms with Crippen molar-refractivity contribution in [2.45, 2.75) is 25.3 Å². The lowest BCUT2D eigenvalue weighted by Crippen LogP contribution is -2.46. The summed E-state index contributed by atoms with van der Waals surface area (Å²) in [6.45, 7) is 2.72. The average Bonchev–Trinajstić information content (AvgIpc) is 2.80. The van der Waals surface area contributed by atoms with E-state index in [1.165, 1.54) is 10.8 Å². The topological polar surface area (TPSA) is 99.8 Å². The molecule has 0 spiro atoms. The van der Waals surface area contributed by atoms with Crippen LogP contribution in [-0.2, 0) is 0 Å². The fourth-order valence-corrected chi connectivity index (χ4v) is 4.48. The molecule has 2 heterocycles. The number of carbonyl (C=O) groups is 2. The fourth-order valence-electron chi connectivity index (χ4n) is 4.48. The normalized spacial score (nSPS) is 15.6. The quantitative estimate of drug-likeness (QED) is 0.621. The number of carboxylic acids is 1. The molecular weight excluding hydrogens is 408 g/mol. The lowest BCUT2D eigenvalue weighted by Gasteiger charge is -2.40. The van der Waals surface area contributed by atoms with Gasteiger partial charge in [-0.3, -0.25) is 9.59 Å². The molecule has 2 N–H and O–H groups in total. The molecule has 7 heteroatoms. The van der Waals surface area contributed by atoms with Gasteiger partial charge in [-0.05, 0) is 17.5 Å². The van der Waals surface area contributed by atoms with Crippen LogP contribution in [0.25, 0.3) is 0 Å². The Morgan fingerprint density at radius 3 is 2.09 bits per heavy atom.